The average molecular weight is 353 g/mol. The van der Waals surface area contributed by atoms with Crippen molar-refractivity contribution in [3.63, 3.8) is 0 Å². The molecule has 1 aromatic carbocycles. The number of anilines is 2. The van der Waals surface area contributed by atoms with Crippen molar-refractivity contribution in [2.24, 2.45) is 5.73 Å². The van der Waals surface area contributed by atoms with Crippen LogP contribution in [0.2, 0.25) is 0 Å². The van der Waals surface area contributed by atoms with Crippen molar-refractivity contribution in [3.05, 3.63) is 53.8 Å². The number of nitrogens with zero attached hydrogens (tertiary/aromatic N) is 2. The Kier molecular flexibility index (Phi) is 5.55. The van der Waals surface area contributed by atoms with E-state index in [0.717, 1.165) is 11.3 Å². The Morgan fingerprint density at radius 2 is 1.85 bits per heavy atom. The first-order chi connectivity index (χ1) is 12.1. The highest BCUT2D eigenvalue weighted by molar-refractivity contribution is 6.04. The van der Waals surface area contributed by atoms with Gasteiger partial charge in [-0.3, -0.25) is 4.79 Å². The maximum atomic E-state index is 12.3. The van der Waals surface area contributed by atoms with E-state index in [0.29, 0.717) is 22.8 Å². The summed E-state index contributed by atoms with van der Waals surface area (Å²) >= 11 is 0. The smallest absolute Gasteiger partial charge is 0.254 e. The van der Waals surface area contributed by atoms with E-state index in [1.807, 2.05) is 65.0 Å². The number of allylic oxidation sites excluding steroid dienone is 4. The standard InChI is InChI=1S/C20H27N5O/c1-6-7-8-13(2)23-19-16(18(22)26)17(24-25(19)20(3,4)5)14-9-11-15(21)12-10-14/h6-12,23H,21H2,1-5H3,(H2,22,26)/b7-6-,13-8+. The summed E-state index contributed by atoms with van der Waals surface area (Å²) in [7, 11) is 0. The van der Waals surface area contributed by atoms with Crippen LogP contribution >= 0.6 is 0 Å². The number of hydrogen-bond donors (Lipinski definition) is 3. The number of nitrogen functional groups attached to an aromatic ring is 1. The van der Waals surface area contributed by atoms with Gasteiger partial charge in [-0.1, -0.05) is 24.3 Å². The number of carbonyl (C=O) groups is 1. The number of nitrogens with two attached hydrogens (primary N) is 2. The summed E-state index contributed by atoms with van der Waals surface area (Å²) in [6.45, 7) is 9.93. The molecule has 0 unspecified atom stereocenters. The van der Waals surface area contributed by atoms with Gasteiger partial charge in [0.05, 0.1) is 5.54 Å². The Balaban J connectivity index is 2.71. The first-order valence-electron chi connectivity index (χ1n) is 8.51. The average Bonchev–Trinajstić information content (AvgIpc) is 2.93. The van der Waals surface area contributed by atoms with Gasteiger partial charge in [0, 0.05) is 16.9 Å². The lowest BCUT2D eigenvalue weighted by Crippen LogP contribution is -2.26. The molecule has 0 fully saturated rings. The van der Waals surface area contributed by atoms with Crippen molar-refractivity contribution in [3.8, 4) is 11.3 Å². The number of primary amides is 1. The molecule has 5 N–H and O–H groups in total. The number of carbonyl (C=O) groups excluding carboxylic acids is 1. The van der Waals surface area contributed by atoms with E-state index >= 15 is 0 Å². The minimum absolute atomic E-state index is 0.348. The van der Waals surface area contributed by atoms with Gasteiger partial charge in [-0.25, -0.2) is 4.68 Å². The maximum absolute atomic E-state index is 12.3. The summed E-state index contributed by atoms with van der Waals surface area (Å²) < 4.78 is 1.80. The molecule has 0 radical (unpaired) electrons. The maximum Gasteiger partial charge on any atom is 0.254 e. The van der Waals surface area contributed by atoms with E-state index < -0.39 is 5.91 Å². The molecule has 138 valence electrons. The van der Waals surface area contributed by atoms with Crippen LogP contribution < -0.4 is 16.8 Å². The zero-order valence-corrected chi connectivity index (χ0v) is 16.0. The molecule has 6 nitrogen and oxygen atoms in total. The van der Waals surface area contributed by atoms with Crippen LogP contribution in [0.25, 0.3) is 11.3 Å². The van der Waals surface area contributed by atoms with E-state index in [-0.39, 0.29) is 5.54 Å². The molecule has 2 aromatic rings. The number of hydrogen-bond acceptors (Lipinski definition) is 4. The van der Waals surface area contributed by atoms with Crippen LogP contribution in [0, 0.1) is 0 Å². The molecule has 0 aliphatic carbocycles. The van der Waals surface area contributed by atoms with Crippen LogP contribution in [0.1, 0.15) is 45.0 Å². The van der Waals surface area contributed by atoms with Gasteiger partial charge >= 0.3 is 0 Å². The Labute approximate surface area is 154 Å². The van der Waals surface area contributed by atoms with Gasteiger partial charge < -0.3 is 16.8 Å². The fourth-order valence-corrected chi connectivity index (χ4v) is 2.56. The normalized spacial score (nSPS) is 12.6. The van der Waals surface area contributed by atoms with Crippen LogP contribution in [-0.4, -0.2) is 15.7 Å². The number of benzene rings is 1. The summed E-state index contributed by atoms with van der Waals surface area (Å²) in [4.78, 5) is 12.3. The molecule has 0 atom stereocenters. The van der Waals surface area contributed by atoms with Gasteiger partial charge in [-0.15, -0.1) is 0 Å². The number of nitrogens with one attached hydrogen (secondary N) is 1. The quantitative estimate of drug-likeness (QED) is 0.561. The lowest BCUT2D eigenvalue weighted by Gasteiger charge is -2.23. The van der Waals surface area contributed by atoms with Gasteiger partial charge in [0.1, 0.15) is 17.1 Å². The third-order valence-corrected chi connectivity index (χ3v) is 3.81. The van der Waals surface area contributed by atoms with Gasteiger partial charge in [0.2, 0.25) is 0 Å². The molecule has 0 aliphatic rings. The van der Waals surface area contributed by atoms with Gasteiger partial charge in [-0.05, 0) is 52.8 Å². The number of amides is 1. The third kappa shape index (κ3) is 4.14. The summed E-state index contributed by atoms with van der Waals surface area (Å²) in [6.07, 6.45) is 5.78. The van der Waals surface area contributed by atoms with Gasteiger partial charge in [0.15, 0.2) is 0 Å². The topological polar surface area (TPSA) is 99.0 Å². The van der Waals surface area contributed by atoms with Crippen LogP contribution in [0.4, 0.5) is 11.5 Å². The first kappa shape index (κ1) is 19.3. The highest BCUT2D eigenvalue weighted by atomic mass is 16.1. The van der Waals surface area contributed by atoms with Gasteiger partial charge in [0.25, 0.3) is 5.91 Å². The molecule has 0 aliphatic heterocycles. The van der Waals surface area contributed by atoms with Crippen LogP contribution in [-0.2, 0) is 5.54 Å². The molecule has 2 rings (SSSR count). The molecule has 1 amide bonds. The predicted octanol–water partition coefficient (Wildman–Crippen LogP) is 3.88. The van der Waals surface area contributed by atoms with Gasteiger partial charge in [-0.2, -0.15) is 5.10 Å². The highest BCUT2D eigenvalue weighted by Crippen LogP contribution is 2.33. The zero-order valence-electron chi connectivity index (χ0n) is 16.0. The molecule has 26 heavy (non-hydrogen) atoms. The Bertz CT molecular complexity index is 852. The lowest BCUT2D eigenvalue weighted by atomic mass is 10.1. The second kappa shape index (κ2) is 7.47. The zero-order chi connectivity index (χ0) is 19.5. The third-order valence-electron chi connectivity index (χ3n) is 3.81. The first-order valence-corrected chi connectivity index (χ1v) is 8.51. The van der Waals surface area contributed by atoms with E-state index in [2.05, 4.69) is 5.32 Å². The molecule has 6 heteroatoms. The van der Waals surface area contributed by atoms with Crippen molar-refractivity contribution >= 4 is 17.4 Å². The Morgan fingerprint density at radius 1 is 1.23 bits per heavy atom. The second-order valence-electron chi connectivity index (χ2n) is 7.14. The molecule has 0 bridgehead atoms. The lowest BCUT2D eigenvalue weighted by molar-refractivity contribution is 0.100. The molecule has 1 heterocycles. The summed E-state index contributed by atoms with van der Waals surface area (Å²) in [6, 6.07) is 7.23. The molecule has 0 saturated carbocycles. The van der Waals surface area contributed by atoms with Crippen LogP contribution in [0.5, 0.6) is 0 Å². The summed E-state index contributed by atoms with van der Waals surface area (Å²) in [5.74, 6) is 0.0451. The number of aromatic nitrogens is 2. The summed E-state index contributed by atoms with van der Waals surface area (Å²) in [5, 5.41) is 7.99. The van der Waals surface area contributed by atoms with Crippen molar-refractivity contribution in [1.29, 1.82) is 0 Å². The largest absolute Gasteiger partial charge is 0.399 e. The second-order valence-corrected chi connectivity index (χ2v) is 7.14. The molecule has 0 spiro atoms. The van der Waals surface area contributed by atoms with E-state index in [1.165, 1.54) is 0 Å². The van der Waals surface area contributed by atoms with Crippen molar-refractivity contribution in [2.45, 2.75) is 40.2 Å². The Morgan fingerprint density at radius 3 is 2.35 bits per heavy atom. The fraction of sp³-hybridized carbons (Fsp3) is 0.300. The van der Waals surface area contributed by atoms with E-state index in [4.69, 9.17) is 16.6 Å². The molecule has 1 aromatic heterocycles. The van der Waals surface area contributed by atoms with Crippen LogP contribution in [0.15, 0.2) is 48.2 Å². The molecular formula is C20H27N5O. The van der Waals surface area contributed by atoms with Crippen LogP contribution in [0.3, 0.4) is 0 Å². The highest BCUT2D eigenvalue weighted by Gasteiger charge is 2.28. The monoisotopic (exact) mass is 353 g/mol. The minimum Gasteiger partial charge on any atom is -0.399 e. The minimum atomic E-state index is -0.534. The van der Waals surface area contributed by atoms with Crippen molar-refractivity contribution in [2.75, 3.05) is 11.1 Å². The summed E-state index contributed by atoms with van der Waals surface area (Å²) in [5.41, 5.74) is 14.4. The molecular weight excluding hydrogens is 326 g/mol. The van der Waals surface area contributed by atoms with Crippen molar-refractivity contribution in [1.82, 2.24) is 9.78 Å². The van der Waals surface area contributed by atoms with Crippen molar-refractivity contribution < 1.29 is 4.79 Å². The van der Waals surface area contributed by atoms with E-state index in [9.17, 15) is 4.79 Å². The predicted molar refractivity (Wildman–Crippen MR) is 108 cm³/mol. The molecule has 0 saturated heterocycles. The SMILES string of the molecule is C/C=C\C=C(/C)Nc1c(C(N)=O)c(-c2ccc(N)cc2)nn1C(C)(C)C. The number of rotatable bonds is 5. The fourth-order valence-electron chi connectivity index (χ4n) is 2.56. The van der Waals surface area contributed by atoms with E-state index in [1.54, 1.807) is 16.8 Å². The Hall–Kier alpha value is -3.02.